The summed E-state index contributed by atoms with van der Waals surface area (Å²) in [6.45, 7) is 7.28. The Morgan fingerprint density at radius 1 is 1.00 bits per heavy atom. The van der Waals surface area contributed by atoms with E-state index < -0.39 is 12.1 Å². The maximum atomic E-state index is 11.9. The Kier molecular flexibility index (Phi) is 9.77. The Morgan fingerprint density at radius 3 is 2.14 bits per heavy atom. The number of amides is 2. The molecule has 0 aliphatic carbocycles. The molecule has 0 unspecified atom stereocenters. The number of halogens is 3. The molecule has 5 nitrogen and oxygen atoms in total. The lowest BCUT2D eigenvalue weighted by Gasteiger charge is -2.17. The second kappa shape index (κ2) is 10.4. The summed E-state index contributed by atoms with van der Waals surface area (Å²) in [4.78, 5) is 24.1. The lowest BCUT2D eigenvalue weighted by atomic mass is 10.2. The molecule has 2 N–H and O–H groups in total. The van der Waals surface area contributed by atoms with E-state index in [9.17, 15) is 22.8 Å². The van der Waals surface area contributed by atoms with Gasteiger partial charge < -0.3 is 15.5 Å². The van der Waals surface area contributed by atoms with Gasteiger partial charge in [-0.1, -0.05) is 13.8 Å². The van der Waals surface area contributed by atoms with Crippen LogP contribution < -0.4 is 10.6 Å². The molecule has 124 valence electrons. The van der Waals surface area contributed by atoms with Gasteiger partial charge in [0.05, 0.1) is 0 Å². The van der Waals surface area contributed by atoms with Crippen LogP contribution in [0.2, 0.25) is 0 Å². The van der Waals surface area contributed by atoms with Gasteiger partial charge in [-0.05, 0) is 32.5 Å². The number of hydrogen-bond acceptors (Lipinski definition) is 3. The van der Waals surface area contributed by atoms with Crippen LogP contribution in [-0.2, 0) is 9.59 Å². The predicted octanol–water partition coefficient (Wildman–Crippen LogP) is 1.29. The molecule has 0 bridgehead atoms. The zero-order chi connectivity index (χ0) is 16.3. The SMILES string of the molecule is CCN(CC)CCCCNC(=O)CCNC(=O)C(F)(F)F. The van der Waals surface area contributed by atoms with Crippen molar-refractivity contribution in [3.63, 3.8) is 0 Å². The van der Waals surface area contributed by atoms with Gasteiger partial charge in [-0.2, -0.15) is 13.2 Å². The lowest BCUT2D eigenvalue weighted by Crippen LogP contribution is -2.39. The predicted molar refractivity (Wildman–Crippen MR) is 73.7 cm³/mol. The smallest absolute Gasteiger partial charge is 0.356 e. The molecule has 0 aliphatic heterocycles. The van der Waals surface area contributed by atoms with Crippen LogP contribution in [0.3, 0.4) is 0 Å². The van der Waals surface area contributed by atoms with Gasteiger partial charge in [0.25, 0.3) is 0 Å². The highest BCUT2D eigenvalue weighted by molar-refractivity contribution is 5.82. The second-order valence-electron chi connectivity index (χ2n) is 4.59. The highest BCUT2D eigenvalue weighted by atomic mass is 19.4. The fourth-order valence-corrected chi connectivity index (χ4v) is 1.71. The van der Waals surface area contributed by atoms with Crippen LogP contribution in [0.1, 0.15) is 33.1 Å². The van der Waals surface area contributed by atoms with E-state index in [-0.39, 0.29) is 18.9 Å². The Balaban J connectivity index is 3.58. The minimum Gasteiger partial charge on any atom is -0.356 e. The Hall–Kier alpha value is -1.31. The van der Waals surface area contributed by atoms with Crippen molar-refractivity contribution in [2.75, 3.05) is 32.7 Å². The van der Waals surface area contributed by atoms with Crippen LogP contribution >= 0.6 is 0 Å². The fraction of sp³-hybridized carbons (Fsp3) is 0.846. The molecule has 0 saturated carbocycles. The first kappa shape index (κ1) is 19.7. The molecule has 0 saturated heterocycles. The van der Waals surface area contributed by atoms with E-state index in [1.807, 2.05) is 0 Å². The first-order chi connectivity index (χ1) is 9.81. The van der Waals surface area contributed by atoms with E-state index >= 15 is 0 Å². The van der Waals surface area contributed by atoms with Crippen molar-refractivity contribution < 1.29 is 22.8 Å². The number of alkyl halides is 3. The van der Waals surface area contributed by atoms with Crippen LogP contribution in [0, 0.1) is 0 Å². The van der Waals surface area contributed by atoms with Crippen molar-refractivity contribution in [3.05, 3.63) is 0 Å². The number of nitrogens with zero attached hydrogens (tertiary/aromatic N) is 1. The monoisotopic (exact) mass is 311 g/mol. The molecular formula is C13H24F3N3O2. The summed E-state index contributed by atoms with van der Waals surface area (Å²) in [7, 11) is 0. The zero-order valence-electron chi connectivity index (χ0n) is 12.6. The van der Waals surface area contributed by atoms with Crippen molar-refractivity contribution >= 4 is 11.8 Å². The first-order valence-corrected chi connectivity index (χ1v) is 7.15. The number of carbonyl (C=O) groups excluding carboxylic acids is 2. The number of unbranched alkanes of at least 4 members (excludes halogenated alkanes) is 1. The first-order valence-electron chi connectivity index (χ1n) is 7.15. The van der Waals surface area contributed by atoms with E-state index in [1.165, 1.54) is 0 Å². The molecule has 0 rings (SSSR count). The third-order valence-corrected chi connectivity index (χ3v) is 3.01. The van der Waals surface area contributed by atoms with E-state index in [1.54, 1.807) is 5.32 Å². The van der Waals surface area contributed by atoms with Gasteiger partial charge in [0, 0.05) is 19.5 Å². The van der Waals surface area contributed by atoms with Crippen LogP contribution in [0.5, 0.6) is 0 Å². The van der Waals surface area contributed by atoms with Crippen molar-refractivity contribution in [2.24, 2.45) is 0 Å². The summed E-state index contributed by atoms with van der Waals surface area (Å²) in [5.41, 5.74) is 0. The zero-order valence-corrected chi connectivity index (χ0v) is 12.6. The molecule has 0 aliphatic rings. The van der Waals surface area contributed by atoms with E-state index in [2.05, 4.69) is 24.1 Å². The number of nitrogens with one attached hydrogen (secondary N) is 2. The van der Waals surface area contributed by atoms with Gasteiger partial charge in [-0.3, -0.25) is 9.59 Å². The third-order valence-electron chi connectivity index (χ3n) is 3.01. The average Bonchev–Trinajstić information content (AvgIpc) is 2.41. The Labute approximate surface area is 123 Å². The molecule has 0 fully saturated rings. The van der Waals surface area contributed by atoms with Crippen LogP contribution in [-0.4, -0.2) is 55.6 Å². The normalized spacial score (nSPS) is 11.5. The van der Waals surface area contributed by atoms with Crippen LogP contribution in [0.15, 0.2) is 0 Å². The standard InChI is InChI=1S/C13H24F3N3O2/c1-3-19(4-2)10-6-5-8-17-11(20)7-9-18-12(21)13(14,15)16/h3-10H2,1-2H3,(H,17,20)(H,18,21). The highest BCUT2D eigenvalue weighted by Gasteiger charge is 2.38. The topological polar surface area (TPSA) is 61.4 Å². The summed E-state index contributed by atoms with van der Waals surface area (Å²) in [6.07, 6.45) is -3.29. The van der Waals surface area contributed by atoms with E-state index in [4.69, 9.17) is 0 Å². The maximum Gasteiger partial charge on any atom is 0.471 e. The molecule has 0 aromatic rings. The molecule has 8 heteroatoms. The van der Waals surface area contributed by atoms with Gasteiger partial charge in [-0.15, -0.1) is 0 Å². The lowest BCUT2D eigenvalue weighted by molar-refractivity contribution is -0.173. The third kappa shape index (κ3) is 10.1. The molecule has 0 heterocycles. The van der Waals surface area contributed by atoms with Gasteiger partial charge >= 0.3 is 12.1 Å². The summed E-state index contributed by atoms with van der Waals surface area (Å²) < 4.78 is 35.6. The molecule has 0 aromatic heterocycles. The number of hydrogen-bond donors (Lipinski definition) is 2. The highest BCUT2D eigenvalue weighted by Crippen LogP contribution is 2.13. The largest absolute Gasteiger partial charge is 0.471 e. The molecule has 2 amide bonds. The van der Waals surface area contributed by atoms with Crippen molar-refractivity contribution in [1.82, 2.24) is 15.5 Å². The molecule has 0 atom stereocenters. The summed E-state index contributed by atoms with van der Waals surface area (Å²) in [6, 6.07) is 0. The van der Waals surface area contributed by atoms with Crippen molar-refractivity contribution in [1.29, 1.82) is 0 Å². The summed E-state index contributed by atoms with van der Waals surface area (Å²) in [5.74, 6) is -2.38. The van der Waals surface area contributed by atoms with E-state index in [0.29, 0.717) is 6.54 Å². The average molecular weight is 311 g/mol. The maximum absolute atomic E-state index is 11.9. The molecule has 21 heavy (non-hydrogen) atoms. The van der Waals surface area contributed by atoms with Crippen molar-refractivity contribution in [3.8, 4) is 0 Å². The molecule has 0 spiro atoms. The Bertz CT molecular complexity index is 318. The van der Waals surface area contributed by atoms with Gasteiger partial charge in [0.2, 0.25) is 5.91 Å². The van der Waals surface area contributed by atoms with Crippen LogP contribution in [0.25, 0.3) is 0 Å². The van der Waals surface area contributed by atoms with Crippen LogP contribution in [0.4, 0.5) is 13.2 Å². The minimum atomic E-state index is -4.90. The van der Waals surface area contributed by atoms with Gasteiger partial charge in [0.15, 0.2) is 0 Å². The molecule has 0 aromatic carbocycles. The molecule has 0 radical (unpaired) electrons. The number of rotatable bonds is 10. The van der Waals surface area contributed by atoms with Gasteiger partial charge in [0.1, 0.15) is 0 Å². The minimum absolute atomic E-state index is 0.155. The fourth-order valence-electron chi connectivity index (χ4n) is 1.71. The van der Waals surface area contributed by atoms with Gasteiger partial charge in [-0.25, -0.2) is 0 Å². The summed E-state index contributed by atoms with van der Waals surface area (Å²) >= 11 is 0. The van der Waals surface area contributed by atoms with Crippen molar-refractivity contribution in [2.45, 2.75) is 39.3 Å². The second-order valence-corrected chi connectivity index (χ2v) is 4.59. The molecular weight excluding hydrogens is 287 g/mol. The summed E-state index contributed by atoms with van der Waals surface area (Å²) in [5, 5.41) is 4.27. The quantitative estimate of drug-likeness (QED) is 0.598. The van der Waals surface area contributed by atoms with E-state index in [0.717, 1.165) is 32.5 Å². The Morgan fingerprint density at radius 2 is 1.62 bits per heavy atom. The number of carbonyl (C=O) groups is 2.